The highest BCUT2D eigenvalue weighted by Crippen LogP contribution is 2.10. The van der Waals surface area contributed by atoms with Crippen molar-refractivity contribution >= 4 is 0 Å². The van der Waals surface area contributed by atoms with Gasteiger partial charge in [0.2, 0.25) is 0 Å². The number of nitrogens with one attached hydrogen (secondary N) is 1. The van der Waals surface area contributed by atoms with Gasteiger partial charge < -0.3 is 10.4 Å². The Balaban J connectivity index is 2.53. The number of pyridine rings is 1. The van der Waals surface area contributed by atoms with E-state index in [4.69, 9.17) is 5.11 Å². The Labute approximate surface area is 78.8 Å². The third-order valence-electron chi connectivity index (χ3n) is 2.01. The van der Waals surface area contributed by atoms with Gasteiger partial charge in [-0.25, -0.2) is 0 Å². The molecule has 0 fully saturated rings. The summed E-state index contributed by atoms with van der Waals surface area (Å²) in [6, 6.07) is 4.33. The van der Waals surface area contributed by atoms with Gasteiger partial charge in [-0.1, -0.05) is 0 Å². The molecule has 2 atom stereocenters. The lowest BCUT2D eigenvalue weighted by atomic mass is 10.1. The van der Waals surface area contributed by atoms with Crippen molar-refractivity contribution in [2.45, 2.75) is 25.9 Å². The SMILES string of the molecule is C[C@H](N[C@@H](C)CO)c1ccncc1. The van der Waals surface area contributed by atoms with Gasteiger partial charge in [0.1, 0.15) is 0 Å². The van der Waals surface area contributed by atoms with Gasteiger partial charge in [-0.2, -0.15) is 0 Å². The maximum absolute atomic E-state index is 8.86. The van der Waals surface area contributed by atoms with Crippen molar-refractivity contribution in [3.63, 3.8) is 0 Å². The molecule has 0 unspecified atom stereocenters. The second-order valence-electron chi connectivity index (χ2n) is 3.25. The Morgan fingerprint density at radius 1 is 1.38 bits per heavy atom. The molecule has 0 amide bonds. The molecule has 2 N–H and O–H groups in total. The van der Waals surface area contributed by atoms with E-state index >= 15 is 0 Å². The molecule has 3 nitrogen and oxygen atoms in total. The number of aliphatic hydroxyl groups is 1. The van der Waals surface area contributed by atoms with Crippen LogP contribution in [0.3, 0.4) is 0 Å². The van der Waals surface area contributed by atoms with Crippen LogP contribution in [0.2, 0.25) is 0 Å². The first-order valence-corrected chi connectivity index (χ1v) is 4.51. The van der Waals surface area contributed by atoms with Gasteiger partial charge in [0.05, 0.1) is 6.61 Å². The highest BCUT2D eigenvalue weighted by Gasteiger charge is 2.07. The Kier molecular flexibility index (Phi) is 3.86. The van der Waals surface area contributed by atoms with E-state index in [1.807, 2.05) is 19.1 Å². The van der Waals surface area contributed by atoms with Crippen molar-refractivity contribution < 1.29 is 5.11 Å². The number of hydrogen-bond donors (Lipinski definition) is 2. The highest BCUT2D eigenvalue weighted by atomic mass is 16.3. The zero-order valence-corrected chi connectivity index (χ0v) is 8.07. The fourth-order valence-electron chi connectivity index (χ4n) is 1.23. The number of rotatable bonds is 4. The van der Waals surface area contributed by atoms with Crippen LogP contribution in [0.5, 0.6) is 0 Å². The number of nitrogens with zero attached hydrogens (tertiary/aromatic N) is 1. The van der Waals surface area contributed by atoms with E-state index in [0.29, 0.717) is 0 Å². The van der Waals surface area contributed by atoms with E-state index in [2.05, 4.69) is 17.2 Å². The van der Waals surface area contributed by atoms with Crippen LogP contribution >= 0.6 is 0 Å². The van der Waals surface area contributed by atoms with Crippen molar-refractivity contribution in [1.82, 2.24) is 10.3 Å². The predicted molar refractivity (Wildman–Crippen MR) is 52.3 cm³/mol. The molecule has 1 rings (SSSR count). The molecule has 0 bridgehead atoms. The van der Waals surface area contributed by atoms with Crippen LogP contribution in [0.1, 0.15) is 25.5 Å². The Bertz CT molecular complexity index is 238. The largest absolute Gasteiger partial charge is 0.395 e. The number of aliphatic hydroxyl groups excluding tert-OH is 1. The highest BCUT2D eigenvalue weighted by molar-refractivity contribution is 5.13. The van der Waals surface area contributed by atoms with E-state index in [0.717, 1.165) is 0 Å². The summed E-state index contributed by atoms with van der Waals surface area (Å²) in [5, 5.41) is 12.1. The van der Waals surface area contributed by atoms with Crippen molar-refractivity contribution in [3.8, 4) is 0 Å². The minimum absolute atomic E-state index is 0.128. The molecule has 1 aromatic rings. The van der Waals surface area contributed by atoms with Crippen LogP contribution in [-0.4, -0.2) is 22.7 Å². The second-order valence-corrected chi connectivity index (χ2v) is 3.25. The van der Waals surface area contributed by atoms with Crippen LogP contribution in [0.15, 0.2) is 24.5 Å². The zero-order valence-electron chi connectivity index (χ0n) is 8.07. The maximum Gasteiger partial charge on any atom is 0.0582 e. The lowest BCUT2D eigenvalue weighted by Crippen LogP contribution is -2.31. The lowest BCUT2D eigenvalue weighted by Gasteiger charge is -2.18. The third-order valence-corrected chi connectivity index (χ3v) is 2.01. The maximum atomic E-state index is 8.86. The molecule has 1 aromatic heterocycles. The van der Waals surface area contributed by atoms with Crippen LogP contribution in [0, 0.1) is 0 Å². The summed E-state index contributed by atoms with van der Waals surface area (Å²) in [6.45, 7) is 4.19. The average Bonchev–Trinajstić information content (AvgIpc) is 2.19. The van der Waals surface area contributed by atoms with Crippen LogP contribution in [0.25, 0.3) is 0 Å². The van der Waals surface area contributed by atoms with Crippen LogP contribution < -0.4 is 5.32 Å². The Morgan fingerprint density at radius 3 is 2.54 bits per heavy atom. The molecule has 13 heavy (non-hydrogen) atoms. The van der Waals surface area contributed by atoms with Crippen molar-refractivity contribution in [2.75, 3.05) is 6.61 Å². The van der Waals surface area contributed by atoms with Crippen molar-refractivity contribution in [3.05, 3.63) is 30.1 Å². The van der Waals surface area contributed by atoms with Crippen molar-refractivity contribution in [2.24, 2.45) is 0 Å². The number of hydrogen-bond acceptors (Lipinski definition) is 3. The fraction of sp³-hybridized carbons (Fsp3) is 0.500. The fourth-order valence-corrected chi connectivity index (χ4v) is 1.23. The first kappa shape index (κ1) is 10.2. The summed E-state index contributed by atoms with van der Waals surface area (Å²) < 4.78 is 0. The molecule has 0 aliphatic heterocycles. The summed E-state index contributed by atoms with van der Waals surface area (Å²) in [6.07, 6.45) is 3.55. The molecule has 0 radical (unpaired) electrons. The van der Waals surface area contributed by atoms with Gasteiger partial charge in [-0.15, -0.1) is 0 Å². The molecule has 0 saturated carbocycles. The third kappa shape index (κ3) is 3.13. The predicted octanol–water partition coefficient (Wildman–Crippen LogP) is 1.11. The first-order valence-electron chi connectivity index (χ1n) is 4.51. The summed E-state index contributed by atoms with van der Waals surface area (Å²) in [4.78, 5) is 3.95. The van der Waals surface area contributed by atoms with E-state index < -0.39 is 0 Å². The molecule has 0 aromatic carbocycles. The van der Waals surface area contributed by atoms with Gasteiger partial charge in [-0.3, -0.25) is 4.98 Å². The van der Waals surface area contributed by atoms with E-state index in [-0.39, 0.29) is 18.7 Å². The lowest BCUT2D eigenvalue weighted by molar-refractivity contribution is 0.243. The van der Waals surface area contributed by atoms with Gasteiger partial charge in [0, 0.05) is 24.5 Å². The quantitative estimate of drug-likeness (QED) is 0.729. The van der Waals surface area contributed by atoms with Crippen molar-refractivity contribution in [1.29, 1.82) is 0 Å². The van der Waals surface area contributed by atoms with Crippen LogP contribution in [-0.2, 0) is 0 Å². The standard InChI is InChI=1S/C10H16N2O/c1-8(7-13)12-9(2)10-3-5-11-6-4-10/h3-6,8-9,12-13H,7H2,1-2H3/t8-,9-/m0/s1. The summed E-state index contributed by atoms with van der Waals surface area (Å²) in [5.41, 5.74) is 1.19. The average molecular weight is 180 g/mol. The summed E-state index contributed by atoms with van der Waals surface area (Å²) in [7, 11) is 0. The Morgan fingerprint density at radius 2 is 2.00 bits per heavy atom. The molecule has 3 heteroatoms. The normalized spacial score (nSPS) is 15.3. The summed E-state index contributed by atoms with van der Waals surface area (Å²) >= 11 is 0. The topological polar surface area (TPSA) is 45.1 Å². The smallest absolute Gasteiger partial charge is 0.0582 e. The molecule has 0 aliphatic rings. The van der Waals surface area contributed by atoms with E-state index in [9.17, 15) is 0 Å². The molecule has 0 spiro atoms. The molecule has 72 valence electrons. The van der Waals surface area contributed by atoms with Crippen LogP contribution in [0.4, 0.5) is 0 Å². The molecule has 0 saturated heterocycles. The van der Waals surface area contributed by atoms with Gasteiger partial charge in [0.15, 0.2) is 0 Å². The minimum atomic E-state index is 0.128. The van der Waals surface area contributed by atoms with Gasteiger partial charge >= 0.3 is 0 Å². The van der Waals surface area contributed by atoms with E-state index in [1.165, 1.54) is 5.56 Å². The molecular formula is C10H16N2O. The molecule has 0 aliphatic carbocycles. The molecule has 1 heterocycles. The summed E-state index contributed by atoms with van der Waals surface area (Å²) in [5.74, 6) is 0. The monoisotopic (exact) mass is 180 g/mol. The van der Waals surface area contributed by atoms with Gasteiger partial charge in [0.25, 0.3) is 0 Å². The second kappa shape index (κ2) is 4.94. The number of aromatic nitrogens is 1. The van der Waals surface area contributed by atoms with Gasteiger partial charge in [-0.05, 0) is 31.5 Å². The molecular weight excluding hydrogens is 164 g/mol. The first-order chi connectivity index (χ1) is 6.24. The minimum Gasteiger partial charge on any atom is -0.395 e. The van der Waals surface area contributed by atoms with E-state index in [1.54, 1.807) is 12.4 Å². The zero-order chi connectivity index (χ0) is 9.68. The Hall–Kier alpha value is -0.930.